The van der Waals surface area contributed by atoms with Crippen molar-refractivity contribution in [2.45, 2.75) is 45.7 Å². The van der Waals surface area contributed by atoms with Crippen LogP contribution in [0.4, 0.5) is 11.8 Å². The SMILES string of the molecule is C.COc1cc(Br)cc(CNCC2CCC(Nc3nc(N(C)C)c4ccccc4n3)CC2)c1O. The topological polar surface area (TPSA) is 82.5 Å². The Kier molecular flexibility index (Phi) is 8.97. The van der Waals surface area contributed by atoms with Crippen LogP contribution in [0.3, 0.4) is 0 Å². The third kappa shape index (κ3) is 6.10. The maximum atomic E-state index is 10.3. The zero-order valence-electron chi connectivity index (χ0n) is 19.4. The molecule has 0 unspecified atom stereocenters. The number of hydrogen-bond donors (Lipinski definition) is 3. The summed E-state index contributed by atoms with van der Waals surface area (Å²) < 4.78 is 6.14. The second-order valence-electron chi connectivity index (χ2n) is 8.89. The molecular formula is C26H36BrN5O2. The highest BCUT2D eigenvalue weighted by atomic mass is 79.9. The fraction of sp³-hybridized carbons (Fsp3) is 0.462. The summed E-state index contributed by atoms with van der Waals surface area (Å²) in [4.78, 5) is 11.6. The Morgan fingerprint density at radius 2 is 1.85 bits per heavy atom. The van der Waals surface area contributed by atoms with Crippen LogP contribution in [-0.2, 0) is 6.54 Å². The number of aromatic hydroxyl groups is 1. The standard InChI is InChI=1S/C25H32BrN5O2.CH4/c1-31(2)24-20-6-4-5-7-21(20)29-25(30-24)28-19-10-8-16(9-11-19)14-27-15-17-12-18(26)13-22(33-3)23(17)32;/h4-7,12-13,16,19,27,32H,8-11,14-15H2,1-3H3,(H,28,29,30);1H4. The molecule has 0 aliphatic heterocycles. The fourth-order valence-corrected chi connectivity index (χ4v) is 4.97. The van der Waals surface area contributed by atoms with Crippen molar-refractivity contribution in [2.75, 3.05) is 38.0 Å². The first-order chi connectivity index (χ1) is 15.9. The Bertz CT molecular complexity index is 1100. The van der Waals surface area contributed by atoms with E-state index in [1.54, 1.807) is 13.2 Å². The first-order valence-corrected chi connectivity index (χ1v) is 12.2. The van der Waals surface area contributed by atoms with Crippen molar-refractivity contribution in [3.05, 3.63) is 46.4 Å². The highest BCUT2D eigenvalue weighted by molar-refractivity contribution is 9.10. The van der Waals surface area contributed by atoms with Crippen molar-refractivity contribution in [2.24, 2.45) is 5.92 Å². The van der Waals surface area contributed by atoms with Crippen LogP contribution in [0.25, 0.3) is 10.9 Å². The van der Waals surface area contributed by atoms with E-state index in [2.05, 4.69) is 32.6 Å². The monoisotopic (exact) mass is 529 g/mol. The number of methoxy groups -OCH3 is 1. The van der Waals surface area contributed by atoms with Crippen LogP contribution in [-0.4, -0.2) is 48.9 Å². The van der Waals surface area contributed by atoms with Gasteiger partial charge in [-0.1, -0.05) is 35.5 Å². The highest BCUT2D eigenvalue weighted by Gasteiger charge is 2.22. The van der Waals surface area contributed by atoms with E-state index in [0.717, 1.165) is 59.0 Å². The molecule has 0 saturated heterocycles. The number of hydrogen-bond acceptors (Lipinski definition) is 7. The molecule has 0 radical (unpaired) electrons. The average Bonchev–Trinajstić information content (AvgIpc) is 2.81. The number of ether oxygens (including phenoxy) is 1. The number of rotatable bonds is 8. The number of nitrogens with one attached hydrogen (secondary N) is 2. The van der Waals surface area contributed by atoms with Gasteiger partial charge in [0, 0.05) is 42.1 Å². The van der Waals surface area contributed by atoms with Gasteiger partial charge in [-0.15, -0.1) is 0 Å². The Morgan fingerprint density at radius 1 is 1.12 bits per heavy atom. The maximum Gasteiger partial charge on any atom is 0.225 e. The molecule has 1 heterocycles. The van der Waals surface area contributed by atoms with Crippen LogP contribution in [0, 0.1) is 5.92 Å². The lowest BCUT2D eigenvalue weighted by atomic mass is 9.86. The summed E-state index contributed by atoms with van der Waals surface area (Å²) in [5.41, 5.74) is 1.80. The van der Waals surface area contributed by atoms with Gasteiger partial charge < -0.3 is 25.4 Å². The minimum Gasteiger partial charge on any atom is -0.504 e. The predicted molar refractivity (Wildman–Crippen MR) is 144 cm³/mol. The predicted octanol–water partition coefficient (Wildman–Crippen LogP) is 5.57. The zero-order valence-corrected chi connectivity index (χ0v) is 21.0. The van der Waals surface area contributed by atoms with Crippen LogP contribution in [0.2, 0.25) is 0 Å². The van der Waals surface area contributed by atoms with E-state index in [1.807, 2.05) is 43.3 Å². The normalized spacial score (nSPS) is 17.8. The lowest BCUT2D eigenvalue weighted by Crippen LogP contribution is -2.31. The molecule has 0 amide bonds. The van der Waals surface area contributed by atoms with E-state index in [-0.39, 0.29) is 13.2 Å². The molecule has 8 heteroatoms. The number of anilines is 2. The molecule has 1 aromatic heterocycles. The number of halogens is 1. The summed E-state index contributed by atoms with van der Waals surface area (Å²) in [6.07, 6.45) is 4.48. The molecule has 0 spiro atoms. The Hall–Kier alpha value is -2.58. The second kappa shape index (κ2) is 11.7. The summed E-state index contributed by atoms with van der Waals surface area (Å²) in [6, 6.07) is 12.2. The lowest BCUT2D eigenvalue weighted by Gasteiger charge is -2.29. The van der Waals surface area contributed by atoms with Gasteiger partial charge in [0.15, 0.2) is 11.5 Å². The molecular weight excluding hydrogens is 494 g/mol. The lowest BCUT2D eigenvalue weighted by molar-refractivity contribution is 0.322. The smallest absolute Gasteiger partial charge is 0.225 e. The molecule has 1 saturated carbocycles. The van der Waals surface area contributed by atoms with Crippen molar-refractivity contribution in [1.29, 1.82) is 0 Å². The molecule has 0 bridgehead atoms. The largest absolute Gasteiger partial charge is 0.504 e. The van der Waals surface area contributed by atoms with Crippen molar-refractivity contribution in [1.82, 2.24) is 15.3 Å². The van der Waals surface area contributed by atoms with Gasteiger partial charge in [-0.2, -0.15) is 4.98 Å². The van der Waals surface area contributed by atoms with Crippen molar-refractivity contribution in [3.8, 4) is 11.5 Å². The van der Waals surface area contributed by atoms with Gasteiger partial charge in [-0.05, 0) is 62.4 Å². The second-order valence-corrected chi connectivity index (χ2v) is 9.81. The van der Waals surface area contributed by atoms with E-state index >= 15 is 0 Å². The molecule has 1 aliphatic rings. The summed E-state index contributed by atoms with van der Waals surface area (Å²) in [6.45, 7) is 1.54. The van der Waals surface area contributed by atoms with E-state index in [0.29, 0.717) is 30.2 Å². The Balaban J connectivity index is 0.00000324. The molecule has 184 valence electrons. The summed E-state index contributed by atoms with van der Waals surface area (Å²) in [5.74, 6) is 2.95. The van der Waals surface area contributed by atoms with Gasteiger partial charge in [0.05, 0.1) is 12.6 Å². The van der Waals surface area contributed by atoms with E-state index in [1.165, 1.54) is 0 Å². The number of aromatic nitrogens is 2. The van der Waals surface area contributed by atoms with Gasteiger partial charge >= 0.3 is 0 Å². The van der Waals surface area contributed by atoms with Gasteiger partial charge in [-0.3, -0.25) is 0 Å². The number of nitrogens with zero attached hydrogens (tertiary/aromatic N) is 3. The first kappa shape index (κ1) is 26.0. The number of phenolic OH excluding ortho intramolecular Hbond substituents is 1. The third-order valence-corrected chi connectivity index (χ3v) is 6.73. The van der Waals surface area contributed by atoms with Crippen LogP contribution in [0.1, 0.15) is 38.7 Å². The number of fused-ring (bicyclic) bond motifs is 1. The zero-order chi connectivity index (χ0) is 23.4. The van der Waals surface area contributed by atoms with Crippen molar-refractivity contribution in [3.63, 3.8) is 0 Å². The minimum absolute atomic E-state index is 0. The van der Waals surface area contributed by atoms with E-state index in [9.17, 15) is 5.11 Å². The number of benzene rings is 2. The number of phenols is 1. The minimum atomic E-state index is 0. The van der Waals surface area contributed by atoms with Crippen LogP contribution in [0.15, 0.2) is 40.9 Å². The van der Waals surface area contributed by atoms with Crippen molar-refractivity contribution >= 4 is 38.6 Å². The van der Waals surface area contributed by atoms with Crippen LogP contribution in [0.5, 0.6) is 11.5 Å². The molecule has 34 heavy (non-hydrogen) atoms. The van der Waals surface area contributed by atoms with Crippen LogP contribution < -0.4 is 20.3 Å². The van der Waals surface area contributed by atoms with Gasteiger partial charge in [0.25, 0.3) is 0 Å². The summed E-state index contributed by atoms with van der Waals surface area (Å²) in [7, 11) is 5.59. The quantitative estimate of drug-likeness (QED) is 0.351. The molecule has 1 aliphatic carbocycles. The van der Waals surface area contributed by atoms with Crippen LogP contribution >= 0.6 is 15.9 Å². The summed E-state index contributed by atoms with van der Waals surface area (Å²) in [5, 5.41) is 18.5. The third-order valence-electron chi connectivity index (χ3n) is 6.27. The number of para-hydroxylation sites is 1. The van der Waals surface area contributed by atoms with Crippen molar-refractivity contribution < 1.29 is 9.84 Å². The van der Waals surface area contributed by atoms with E-state index in [4.69, 9.17) is 14.7 Å². The first-order valence-electron chi connectivity index (χ1n) is 11.4. The molecule has 1 fully saturated rings. The van der Waals surface area contributed by atoms with Gasteiger partial charge in [-0.25, -0.2) is 4.98 Å². The van der Waals surface area contributed by atoms with Gasteiger partial charge in [0.1, 0.15) is 5.82 Å². The molecule has 2 aromatic carbocycles. The molecule has 3 N–H and O–H groups in total. The van der Waals surface area contributed by atoms with E-state index < -0.39 is 0 Å². The highest BCUT2D eigenvalue weighted by Crippen LogP contribution is 2.34. The molecule has 7 nitrogen and oxygen atoms in total. The summed E-state index contributed by atoms with van der Waals surface area (Å²) >= 11 is 3.48. The Labute approximate surface area is 211 Å². The molecule has 4 rings (SSSR count). The Morgan fingerprint density at radius 3 is 2.56 bits per heavy atom. The average molecular weight is 531 g/mol. The molecule has 3 aromatic rings. The molecule has 0 atom stereocenters. The van der Waals surface area contributed by atoms with Gasteiger partial charge in [0.2, 0.25) is 5.95 Å². The maximum absolute atomic E-state index is 10.3. The fourth-order valence-electron chi connectivity index (χ4n) is 4.49.